The first-order chi connectivity index (χ1) is 12.5. The predicted octanol–water partition coefficient (Wildman–Crippen LogP) is 2.27. The summed E-state index contributed by atoms with van der Waals surface area (Å²) in [4.78, 5) is 38.9. The van der Waals surface area contributed by atoms with Crippen molar-refractivity contribution < 1.29 is 4.79 Å². The minimum Gasteiger partial charge on any atom is -0.348 e. The van der Waals surface area contributed by atoms with E-state index >= 15 is 0 Å². The van der Waals surface area contributed by atoms with Crippen LogP contribution in [0.1, 0.15) is 30.5 Å². The summed E-state index contributed by atoms with van der Waals surface area (Å²) in [7, 11) is 0. The van der Waals surface area contributed by atoms with Crippen LogP contribution in [0.3, 0.4) is 0 Å². The van der Waals surface area contributed by atoms with Crippen LogP contribution in [-0.4, -0.2) is 15.5 Å². The monoisotopic (exact) mass is 351 g/mol. The van der Waals surface area contributed by atoms with E-state index in [9.17, 15) is 14.4 Å². The molecule has 1 heterocycles. The van der Waals surface area contributed by atoms with Crippen molar-refractivity contribution in [2.45, 2.75) is 32.9 Å². The van der Waals surface area contributed by atoms with Gasteiger partial charge in [-0.05, 0) is 31.0 Å². The fourth-order valence-electron chi connectivity index (χ4n) is 3.00. The van der Waals surface area contributed by atoms with Gasteiger partial charge in [0, 0.05) is 0 Å². The minimum absolute atomic E-state index is 0.132. The number of benzene rings is 2. The molecule has 2 N–H and O–H groups in total. The maximum atomic E-state index is 12.5. The summed E-state index contributed by atoms with van der Waals surface area (Å²) in [6, 6.07) is 14.6. The zero-order valence-electron chi connectivity index (χ0n) is 14.8. The van der Waals surface area contributed by atoms with Crippen molar-refractivity contribution in [1.82, 2.24) is 14.9 Å². The van der Waals surface area contributed by atoms with Gasteiger partial charge in [0.05, 0.1) is 16.9 Å². The molecule has 1 atom stereocenters. The fourth-order valence-corrected chi connectivity index (χ4v) is 3.00. The topological polar surface area (TPSA) is 84.0 Å². The Balaban J connectivity index is 1.86. The number of para-hydroxylation sites is 1. The average Bonchev–Trinajstić information content (AvgIpc) is 2.64. The van der Waals surface area contributed by atoms with Crippen LogP contribution < -0.4 is 16.6 Å². The molecule has 6 heteroatoms. The molecule has 0 saturated carbocycles. The number of nitrogens with one attached hydrogen (secondary N) is 2. The number of aromatic amines is 1. The molecule has 1 aromatic heterocycles. The van der Waals surface area contributed by atoms with Crippen molar-refractivity contribution in [2.75, 3.05) is 0 Å². The number of H-pyrrole nitrogens is 1. The second-order valence-corrected chi connectivity index (χ2v) is 6.30. The van der Waals surface area contributed by atoms with Gasteiger partial charge >= 0.3 is 5.69 Å². The Labute approximate surface area is 150 Å². The van der Waals surface area contributed by atoms with Gasteiger partial charge in [0.25, 0.3) is 5.56 Å². The van der Waals surface area contributed by atoms with Gasteiger partial charge in [0.1, 0.15) is 6.54 Å². The number of carbonyl (C=O) groups is 1. The number of rotatable bonds is 5. The molecule has 3 rings (SSSR count). The van der Waals surface area contributed by atoms with Gasteiger partial charge in [-0.15, -0.1) is 0 Å². The minimum atomic E-state index is -0.591. The van der Waals surface area contributed by atoms with Crippen LogP contribution in [0.4, 0.5) is 0 Å². The van der Waals surface area contributed by atoms with Gasteiger partial charge in [-0.1, -0.05) is 48.9 Å². The lowest BCUT2D eigenvalue weighted by molar-refractivity contribution is -0.122. The summed E-state index contributed by atoms with van der Waals surface area (Å²) in [5, 5.41) is 3.35. The lowest BCUT2D eigenvalue weighted by Gasteiger charge is -2.18. The van der Waals surface area contributed by atoms with Crippen LogP contribution in [0.5, 0.6) is 0 Å². The number of aryl methyl sites for hydroxylation is 1. The molecule has 2 aromatic carbocycles. The molecule has 134 valence electrons. The van der Waals surface area contributed by atoms with Crippen LogP contribution in [-0.2, 0) is 11.3 Å². The molecule has 0 aliphatic heterocycles. The quantitative estimate of drug-likeness (QED) is 0.739. The van der Waals surface area contributed by atoms with E-state index in [0.717, 1.165) is 17.5 Å². The van der Waals surface area contributed by atoms with Crippen molar-refractivity contribution in [3.05, 3.63) is 80.5 Å². The van der Waals surface area contributed by atoms with E-state index in [-0.39, 0.29) is 18.5 Å². The molecule has 0 radical (unpaired) electrons. The van der Waals surface area contributed by atoms with Gasteiger partial charge in [-0.3, -0.25) is 19.1 Å². The van der Waals surface area contributed by atoms with Crippen molar-refractivity contribution in [3.8, 4) is 0 Å². The molecule has 1 amide bonds. The van der Waals surface area contributed by atoms with Gasteiger partial charge in [-0.2, -0.15) is 0 Å². The van der Waals surface area contributed by atoms with E-state index in [1.807, 2.05) is 38.1 Å². The molecule has 0 spiro atoms. The summed E-state index contributed by atoms with van der Waals surface area (Å²) in [5.74, 6) is -0.281. The molecule has 0 fully saturated rings. The van der Waals surface area contributed by atoms with Gasteiger partial charge < -0.3 is 5.32 Å². The maximum Gasteiger partial charge on any atom is 0.329 e. The second-order valence-electron chi connectivity index (χ2n) is 6.30. The Hall–Kier alpha value is -3.15. The molecule has 0 saturated heterocycles. The zero-order valence-corrected chi connectivity index (χ0v) is 14.8. The average molecular weight is 351 g/mol. The highest BCUT2D eigenvalue weighted by molar-refractivity contribution is 5.81. The van der Waals surface area contributed by atoms with Gasteiger partial charge in [0.2, 0.25) is 5.91 Å². The maximum absolute atomic E-state index is 12.5. The first-order valence-corrected chi connectivity index (χ1v) is 8.57. The number of fused-ring (bicyclic) bond motifs is 1. The van der Waals surface area contributed by atoms with Crippen LogP contribution in [0.2, 0.25) is 0 Å². The van der Waals surface area contributed by atoms with Crippen LogP contribution in [0, 0.1) is 6.92 Å². The Morgan fingerprint density at radius 3 is 2.50 bits per heavy atom. The largest absolute Gasteiger partial charge is 0.348 e. The smallest absolute Gasteiger partial charge is 0.329 e. The Bertz CT molecular complexity index is 1050. The standard InChI is InChI=1S/C20H21N3O3/c1-3-16(14-10-8-13(2)9-11-14)21-18(24)12-23-17-7-5-4-6-15(17)19(25)22-20(23)26/h4-11,16H,3,12H2,1-2H3,(H,21,24)(H,22,25,26)/t16-/m0/s1. The first-order valence-electron chi connectivity index (χ1n) is 8.57. The van der Waals surface area contributed by atoms with E-state index in [1.54, 1.807) is 24.3 Å². The third-order valence-corrected chi connectivity index (χ3v) is 4.43. The highest BCUT2D eigenvalue weighted by Crippen LogP contribution is 2.17. The van der Waals surface area contributed by atoms with E-state index < -0.39 is 11.2 Å². The number of nitrogens with zero attached hydrogens (tertiary/aromatic N) is 1. The van der Waals surface area contributed by atoms with Crippen molar-refractivity contribution >= 4 is 16.8 Å². The summed E-state index contributed by atoms with van der Waals surface area (Å²) in [6.07, 6.45) is 0.732. The highest BCUT2D eigenvalue weighted by atomic mass is 16.2. The normalized spacial score (nSPS) is 12.1. The Morgan fingerprint density at radius 1 is 1.12 bits per heavy atom. The van der Waals surface area contributed by atoms with Crippen molar-refractivity contribution in [1.29, 1.82) is 0 Å². The first kappa shape index (κ1) is 17.7. The lowest BCUT2D eigenvalue weighted by atomic mass is 10.0. The summed E-state index contributed by atoms with van der Waals surface area (Å²) in [6.45, 7) is 3.85. The Kier molecular flexibility index (Phi) is 5.02. The van der Waals surface area contributed by atoms with Crippen molar-refractivity contribution in [2.24, 2.45) is 0 Å². The van der Waals surface area contributed by atoms with Crippen LogP contribution >= 0.6 is 0 Å². The molecule has 0 bridgehead atoms. The van der Waals surface area contributed by atoms with Gasteiger partial charge in [-0.25, -0.2) is 4.79 Å². The fraction of sp³-hybridized carbons (Fsp3) is 0.250. The molecular formula is C20H21N3O3. The third-order valence-electron chi connectivity index (χ3n) is 4.43. The third kappa shape index (κ3) is 3.59. The molecule has 0 aliphatic carbocycles. The zero-order chi connectivity index (χ0) is 18.7. The van der Waals surface area contributed by atoms with Crippen molar-refractivity contribution in [3.63, 3.8) is 0 Å². The predicted molar refractivity (Wildman–Crippen MR) is 101 cm³/mol. The summed E-state index contributed by atoms with van der Waals surface area (Å²) in [5.41, 5.74) is 1.58. The van der Waals surface area contributed by atoms with Crippen LogP contribution in [0.25, 0.3) is 10.9 Å². The molecule has 0 unspecified atom stereocenters. The SMILES string of the molecule is CC[C@H](NC(=O)Cn1c(=O)[nH]c(=O)c2ccccc21)c1ccc(C)cc1. The lowest BCUT2D eigenvalue weighted by Crippen LogP contribution is -2.37. The number of hydrogen-bond donors (Lipinski definition) is 2. The number of amides is 1. The Morgan fingerprint density at radius 2 is 1.81 bits per heavy atom. The van der Waals surface area contributed by atoms with E-state index in [0.29, 0.717) is 10.9 Å². The molecule has 6 nitrogen and oxygen atoms in total. The summed E-state index contributed by atoms with van der Waals surface area (Å²) >= 11 is 0. The van der Waals surface area contributed by atoms with E-state index in [4.69, 9.17) is 0 Å². The number of hydrogen-bond acceptors (Lipinski definition) is 3. The second kappa shape index (κ2) is 7.39. The molecule has 3 aromatic rings. The number of aromatic nitrogens is 2. The summed E-state index contributed by atoms with van der Waals surface area (Å²) < 4.78 is 1.29. The van der Waals surface area contributed by atoms with Crippen LogP contribution in [0.15, 0.2) is 58.1 Å². The number of carbonyl (C=O) groups excluding carboxylic acids is 1. The molecule has 26 heavy (non-hydrogen) atoms. The van der Waals surface area contributed by atoms with Gasteiger partial charge in [0.15, 0.2) is 0 Å². The highest BCUT2D eigenvalue weighted by Gasteiger charge is 2.15. The van der Waals surface area contributed by atoms with E-state index in [1.165, 1.54) is 4.57 Å². The van der Waals surface area contributed by atoms with E-state index in [2.05, 4.69) is 10.3 Å². The molecule has 0 aliphatic rings. The molecular weight excluding hydrogens is 330 g/mol.